The second kappa shape index (κ2) is 8.46. The molecule has 0 saturated carbocycles. The third-order valence-corrected chi connectivity index (χ3v) is 5.30. The van der Waals surface area contributed by atoms with Crippen molar-refractivity contribution in [3.63, 3.8) is 0 Å². The number of nitrogens with zero attached hydrogens (tertiary/aromatic N) is 2. The Morgan fingerprint density at radius 2 is 1.93 bits per heavy atom. The quantitative estimate of drug-likeness (QED) is 0.422. The SMILES string of the molecule is COc1ccc(NC(=O)C(C)Sc2nc(C(F)(F)F)nc3ccccc23)cc1Cl. The summed E-state index contributed by atoms with van der Waals surface area (Å²) in [4.78, 5) is 19.8. The van der Waals surface area contributed by atoms with Gasteiger partial charge >= 0.3 is 6.18 Å². The normalized spacial score (nSPS) is 12.6. The molecule has 3 rings (SSSR count). The van der Waals surface area contributed by atoms with Crippen molar-refractivity contribution in [3.8, 4) is 5.75 Å². The summed E-state index contributed by atoms with van der Waals surface area (Å²) in [6.07, 6.45) is -4.69. The number of amides is 1. The van der Waals surface area contributed by atoms with E-state index >= 15 is 0 Å². The lowest BCUT2D eigenvalue weighted by molar-refractivity contribution is -0.145. The van der Waals surface area contributed by atoms with Crippen LogP contribution in [0.15, 0.2) is 47.5 Å². The van der Waals surface area contributed by atoms with Crippen molar-refractivity contribution >= 4 is 45.9 Å². The minimum absolute atomic E-state index is 0.0818. The Kier molecular flexibility index (Phi) is 6.18. The number of rotatable bonds is 5. The fourth-order valence-electron chi connectivity index (χ4n) is 2.47. The van der Waals surface area contributed by atoms with Gasteiger partial charge in [0.1, 0.15) is 10.8 Å². The van der Waals surface area contributed by atoms with Crippen molar-refractivity contribution in [1.82, 2.24) is 9.97 Å². The fraction of sp³-hybridized carbons (Fsp3) is 0.211. The smallest absolute Gasteiger partial charge is 0.451 e. The van der Waals surface area contributed by atoms with Crippen LogP contribution in [0.1, 0.15) is 12.7 Å². The van der Waals surface area contributed by atoms with E-state index in [-0.39, 0.29) is 10.5 Å². The summed E-state index contributed by atoms with van der Waals surface area (Å²) in [5, 5.41) is 2.80. The van der Waals surface area contributed by atoms with Gasteiger partial charge < -0.3 is 10.1 Å². The van der Waals surface area contributed by atoms with E-state index in [0.717, 1.165) is 11.8 Å². The molecule has 10 heteroatoms. The Morgan fingerprint density at radius 3 is 2.59 bits per heavy atom. The largest absolute Gasteiger partial charge is 0.495 e. The van der Waals surface area contributed by atoms with Gasteiger partial charge in [-0.25, -0.2) is 9.97 Å². The molecule has 1 atom stereocenters. The Balaban J connectivity index is 1.84. The van der Waals surface area contributed by atoms with E-state index in [9.17, 15) is 18.0 Å². The highest BCUT2D eigenvalue weighted by Crippen LogP contribution is 2.34. The number of hydrogen-bond acceptors (Lipinski definition) is 5. The van der Waals surface area contributed by atoms with Gasteiger partial charge in [0.25, 0.3) is 0 Å². The molecular formula is C19H15ClF3N3O2S. The van der Waals surface area contributed by atoms with Gasteiger partial charge in [0, 0.05) is 11.1 Å². The minimum Gasteiger partial charge on any atom is -0.495 e. The van der Waals surface area contributed by atoms with Gasteiger partial charge in [-0.15, -0.1) is 0 Å². The number of hydrogen-bond donors (Lipinski definition) is 1. The number of anilines is 1. The molecule has 0 saturated heterocycles. The molecule has 2 aromatic carbocycles. The third-order valence-electron chi connectivity index (χ3n) is 3.90. The molecule has 1 heterocycles. The maximum atomic E-state index is 13.1. The fourth-order valence-corrected chi connectivity index (χ4v) is 3.67. The zero-order valence-electron chi connectivity index (χ0n) is 15.2. The number of carbonyl (C=O) groups excluding carboxylic acids is 1. The standard InChI is InChI=1S/C19H15ClF3N3O2S/c1-10(16(27)24-11-7-8-15(28-2)13(20)9-11)29-17-12-5-3-4-6-14(12)25-18(26-17)19(21,22)23/h3-10H,1-2H3,(H,24,27). The summed E-state index contributed by atoms with van der Waals surface area (Å²) in [6, 6.07) is 11.1. The Labute approximate surface area is 173 Å². The molecule has 1 amide bonds. The van der Waals surface area contributed by atoms with Crippen molar-refractivity contribution in [2.75, 3.05) is 12.4 Å². The zero-order valence-corrected chi connectivity index (χ0v) is 16.8. The number of benzene rings is 2. The highest BCUT2D eigenvalue weighted by molar-refractivity contribution is 8.00. The number of nitrogens with one attached hydrogen (secondary N) is 1. The highest BCUT2D eigenvalue weighted by Gasteiger charge is 2.36. The first kappa shape index (κ1) is 21.2. The van der Waals surface area contributed by atoms with E-state index in [4.69, 9.17) is 16.3 Å². The van der Waals surface area contributed by atoms with E-state index in [1.165, 1.54) is 19.2 Å². The van der Waals surface area contributed by atoms with Gasteiger partial charge in [-0.2, -0.15) is 13.2 Å². The van der Waals surface area contributed by atoms with Gasteiger partial charge in [-0.05, 0) is 31.2 Å². The van der Waals surface area contributed by atoms with Gasteiger partial charge in [0.15, 0.2) is 0 Å². The van der Waals surface area contributed by atoms with Gasteiger partial charge in [-0.3, -0.25) is 4.79 Å². The summed E-state index contributed by atoms with van der Waals surface area (Å²) in [5.74, 6) is -1.19. The average molecular weight is 442 g/mol. The van der Waals surface area contributed by atoms with Crippen LogP contribution in [0.5, 0.6) is 5.75 Å². The Morgan fingerprint density at radius 1 is 1.21 bits per heavy atom. The number of para-hydroxylation sites is 1. The number of aromatic nitrogens is 2. The Bertz CT molecular complexity index is 1060. The molecule has 0 aliphatic rings. The number of carbonyl (C=O) groups is 1. The van der Waals surface area contributed by atoms with E-state index in [1.54, 1.807) is 37.3 Å². The van der Waals surface area contributed by atoms with E-state index in [1.807, 2.05) is 0 Å². The van der Waals surface area contributed by atoms with Crippen LogP contribution in [-0.2, 0) is 11.0 Å². The molecule has 5 nitrogen and oxygen atoms in total. The summed E-state index contributed by atoms with van der Waals surface area (Å²) in [5.41, 5.74) is 0.601. The lowest BCUT2D eigenvalue weighted by Crippen LogP contribution is -2.23. The van der Waals surface area contributed by atoms with Crippen LogP contribution >= 0.6 is 23.4 Å². The maximum absolute atomic E-state index is 13.1. The number of ether oxygens (including phenoxy) is 1. The van der Waals surface area contributed by atoms with Crippen molar-refractivity contribution in [2.24, 2.45) is 0 Å². The second-order valence-corrected chi connectivity index (χ2v) is 7.70. The molecular weight excluding hydrogens is 427 g/mol. The lowest BCUT2D eigenvalue weighted by atomic mass is 10.2. The van der Waals surface area contributed by atoms with Crippen LogP contribution in [0, 0.1) is 0 Å². The molecule has 0 aliphatic carbocycles. The number of alkyl halides is 3. The summed E-state index contributed by atoms with van der Waals surface area (Å²) in [7, 11) is 1.47. The van der Waals surface area contributed by atoms with Crippen molar-refractivity contribution in [2.45, 2.75) is 23.4 Å². The second-order valence-electron chi connectivity index (χ2n) is 5.97. The maximum Gasteiger partial charge on any atom is 0.451 e. The minimum atomic E-state index is -4.69. The summed E-state index contributed by atoms with van der Waals surface area (Å²) < 4.78 is 44.5. The van der Waals surface area contributed by atoms with Gasteiger partial charge in [0.2, 0.25) is 11.7 Å². The molecule has 1 unspecified atom stereocenters. The molecule has 0 fully saturated rings. The van der Waals surface area contributed by atoms with Crippen LogP contribution in [-0.4, -0.2) is 28.2 Å². The number of methoxy groups -OCH3 is 1. The van der Waals surface area contributed by atoms with Gasteiger partial charge in [0.05, 0.1) is 22.9 Å². The molecule has 3 aromatic rings. The first-order valence-electron chi connectivity index (χ1n) is 8.34. The van der Waals surface area contributed by atoms with E-state index in [0.29, 0.717) is 21.8 Å². The molecule has 0 spiro atoms. The highest BCUT2D eigenvalue weighted by atomic mass is 35.5. The lowest BCUT2D eigenvalue weighted by Gasteiger charge is -2.15. The molecule has 0 aliphatic heterocycles. The third kappa shape index (κ3) is 4.91. The van der Waals surface area contributed by atoms with Crippen molar-refractivity contribution < 1.29 is 22.7 Å². The molecule has 0 bridgehead atoms. The van der Waals surface area contributed by atoms with Crippen LogP contribution in [0.3, 0.4) is 0 Å². The van der Waals surface area contributed by atoms with Crippen LogP contribution in [0.2, 0.25) is 5.02 Å². The predicted molar refractivity (Wildman–Crippen MR) is 106 cm³/mol. The van der Waals surface area contributed by atoms with Crippen LogP contribution in [0.4, 0.5) is 18.9 Å². The zero-order chi connectivity index (χ0) is 21.2. The molecule has 0 radical (unpaired) electrons. The van der Waals surface area contributed by atoms with Crippen molar-refractivity contribution in [3.05, 3.63) is 53.3 Å². The van der Waals surface area contributed by atoms with E-state index < -0.39 is 23.2 Å². The Hall–Kier alpha value is -2.52. The first-order valence-corrected chi connectivity index (χ1v) is 9.60. The summed E-state index contributed by atoms with van der Waals surface area (Å²) >= 11 is 6.96. The number of halogens is 4. The van der Waals surface area contributed by atoms with E-state index in [2.05, 4.69) is 15.3 Å². The molecule has 29 heavy (non-hydrogen) atoms. The van der Waals surface area contributed by atoms with Crippen molar-refractivity contribution in [1.29, 1.82) is 0 Å². The van der Waals surface area contributed by atoms with Crippen LogP contribution < -0.4 is 10.1 Å². The average Bonchev–Trinajstić information content (AvgIpc) is 2.67. The monoisotopic (exact) mass is 441 g/mol. The predicted octanol–water partition coefficient (Wildman–Crippen LogP) is 5.43. The molecule has 1 aromatic heterocycles. The molecule has 152 valence electrons. The van der Waals surface area contributed by atoms with Gasteiger partial charge in [-0.1, -0.05) is 41.6 Å². The van der Waals surface area contributed by atoms with Crippen LogP contribution in [0.25, 0.3) is 10.9 Å². The number of fused-ring (bicyclic) bond motifs is 1. The summed E-state index contributed by atoms with van der Waals surface area (Å²) in [6.45, 7) is 1.58. The number of thioether (sulfide) groups is 1. The first-order chi connectivity index (χ1) is 13.7. The topological polar surface area (TPSA) is 64.1 Å². The molecule has 1 N–H and O–H groups in total.